The zero-order chi connectivity index (χ0) is 26.8. The number of rotatable bonds is 8. The summed E-state index contributed by atoms with van der Waals surface area (Å²) in [7, 11) is 0. The normalized spacial score (nSPS) is 13.4. The van der Waals surface area contributed by atoms with Crippen LogP contribution in [0.3, 0.4) is 0 Å². The van der Waals surface area contributed by atoms with Gasteiger partial charge in [0.2, 0.25) is 5.91 Å². The summed E-state index contributed by atoms with van der Waals surface area (Å²) in [6.07, 6.45) is 0.434. The number of carbonyl (C=O) groups is 1. The average Bonchev–Trinajstić information content (AvgIpc) is 2.95. The molecule has 198 valence electrons. The highest BCUT2D eigenvalue weighted by Crippen LogP contribution is 2.28. The second-order valence-corrected chi connectivity index (χ2v) is 9.54. The van der Waals surface area contributed by atoms with E-state index in [0.29, 0.717) is 29.6 Å². The number of hydrogen-bond donors (Lipinski definition) is 0. The van der Waals surface area contributed by atoms with Gasteiger partial charge in [0.1, 0.15) is 0 Å². The fraction of sp³-hybridized carbons (Fsp3) is 0.414. The van der Waals surface area contributed by atoms with Gasteiger partial charge in [-0.1, -0.05) is 81.2 Å². The standard InChI is InChI=1S/C27H31Cl2N5O.C2H6/c1-3-32(4-2)19-21-7-5-20(6-8-21)17-27(35)34-15-13-33(14-16-34)26-12-11-25(30-31-26)22-9-10-23(28)24(29)18-22;1-2/h5-12,18H,3-4,13-17,19H2,1-2H3;1-2H3. The van der Waals surface area contributed by atoms with E-state index in [1.165, 1.54) is 5.56 Å². The SMILES string of the molecule is CC.CCN(CC)Cc1ccc(CC(=O)N2CCN(c3ccc(-c4ccc(Cl)c(Cl)c4)nn3)CC2)cc1. The summed E-state index contributed by atoms with van der Waals surface area (Å²) in [6.45, 7) is 14.2. The summed E-state index contributed by atoms with van der Waals surface area (Å²) >= 11 is 12.1. The van der Waals surface area contributed by atoms with Crippen molar-refractivity contribution in [3.05, 3.63) is 75.8 Å². The Balaban J connectivity index is 0.00000186. The summed E-state index contributed by atoms with van der Waals surface area (Å²) in [4.78, 5) is 19.4. The van der Waals surface area contributed by atoms with Crippen LogP contribution in [0.1, 0.15) is 38.8 Å². The molecule has 4 rings (SSSR count). The van der Waals surface area contributed by atoms with E-state index in [0.717, 1.165) is 55.4 Å². The first-order valence-electron chi connectivity index (χ1n) is 13.1. The van der Waals surface area contributed by atoms with Crippen LogP contribution in [-0.2, 0) is 17.8 Å². The first kappa shape index (κ1) is 28.9. The molecule has 0 bridgehead atoms. The largest absolute Gasteiger partial charge is 0.352 e. The van der Waals surface area contributed by atoms with Gasteiger partial charge in [0.15, 0.2) is 5.82 Å². The molecule has 0 saturated carbocycles. The molecule has 1 fully saturated rings. The molecule has 1 aromatic heterocycles. The van der Waals surface area contributed by atoms with Gasteiger partial charge in [0.25, 0.3) is 0 Å². The molecule has 6 nitrogen and oxygen atoms in total. The van der Waals surface area contributed by atoms with E-state index in [1.807, 2.05) is 36.9 Å². The smallest absolute Gasteiger partial charge is 0.227 e. The molecule has 8 heteroatoms. The number of amides is 1. The molecule has 0 radical (unpaired) electrons. The van der Waals surface area contributed by atoms with Crippen molar-refractivity contribution in [3.63, 3.8) is 0 Å². The Labute approximate surface area is 231 Å². The van der Waals surface area contributed by atoms with Crippen molar-refractivity contribution in [2.45, 2.75) is 40.7 Å². The molecule has 0 atom stereocenters. The zero-order valence-electron chi connectivity index (χ0n) is 22.3. The summed E-state index contributed by atoms with van der Waals surface area (Å²) in [5.41, 5.74) is 3.95. The van der Waals surface area contributed by atoms with Crippen LogP contribution in [0.5, 0.6) is 0 Å². The highest BCUT2D eigenvalue weighted by molar-refractivity contribution is 6.42. The summed E-state index contributed by atoms with van der Waals surface area (Å²) in [5, 5.41) is 9.77. The second kappa shape index (κ2) is 14.3. The Morgan fingerprint density at radius 2 is 1.49 bits per heavy atom. The van der Waals surface area contributed by atoms with Gasteiger partial charge in [-0.3, -0.25) is 9.69 Å². The van der Waals surface area contributed by atoms with Crippen molar-refractivity contribution >= 4 is 34.9 Å². The van der Waals surface area contributed by atoms with Crippen molar-refractivity contribution in [2.24, 2.45) is 0 Å². The third-order valence-electron chi connectivity index (χ3n) is 6.50. The molecule has 0 spiro atoms. The van der Waals surface area contributed by atoms with E-state index in [1.54, 1.807) is 12.1 Å². The highest BCUT2D eigenvalue weighted by Gasteiger charge is 2.22. The van der Waals surface area contributed by atoms with Crippen molar-refractivity contribution in [3.8, 4) is 11.3 Å². The van der Waals surface area contributed by atoms with Crippen molar-refractivity contribution < 1.29 is 4.79 Å². The lowest BCUT2D eigenvalue weighted by Gasteiger charge is -2.35. The van der Waals surface area contributed by atoms with E-state index in [-0.39, 0.29) is 5.91 Å². The summed E-state index contributed by atoms with van der Waals surface area (Å²) in [5.74, 6) is 0.979. The number of anilines is 1. The molecule has 0 unspecified atom stereocenters. The lowest BCUT2D eigenvalue weighted by atomic mass is 10.1. The number of carbonyl (C=O) groups excluding carboxylic acids is 1. The third kappa shape index (κ3) is 7.91. The van der Waals surface area contributed by atoms with Gasteiger partial charge < -0.3 is 9.80 Å². The van der Waals surface area contributed by atoms with Crippen LogP contribution in [0.4, 0.5) is 5.82 Å². The topological polar surface area (TPSA) is 52.6 Å². The fourth-order valence-electron chi connectivity index (χ4n) is 4.24. The third-order valence-corrected chi connectivity index (χ3v) is 7.24. The van der Waals surface area contributed by atoms with E-state index in [2.05, 4.69) is 58.1 Å². The molecular weight excluding hydrogens is 505 g/mol. The maximum atomic E-state index is 12.9. The van der Waals surface area contributed by atoms with E-state index in [4.69, 9.17) is 23.2 Å². The predicted octanol–water partition coefficient (Wildman–Crippen LogP) is 6.21. The quantitative estimate of drug-likeness (QED) is 0.339. The van der Waals surface area contributed by atoms with Crippen LogP contribution in [-0.4, -0.2) is 65.2 Å². The van der Waals surface area contributed by atoms with Crippen LogP contribution in [0.25, 0.3) is 11.3 Å². The number of nitrogens with zero attached hydrogens (tertiary/aromatic N) is 5. The Morgan fingerprint density at radius 3 is 2.05 bits per heavy atom. The first-order chi connectivity index (χ1) is 18.0. The van der Waals surface area contributed by atoms with Gasteiger partial charge in [0.05, 0.1) is 22.2 Å². The Hall–Kier alpha value is -2.67. The molecule has 1 aliphatic heterocycles. The number of aromatic nitrogens is 2. The predicted molar refractivity (Wildman–Crippen MR) is 154 cm³/mol. The van der Waals surface area contributed by atoms with Crippen LogP contribution in [0, 0.1) is 0 Å². The van der Waals surface area contributed by atoms with E-state index >= 15 is 0 Å². The molecule has 1 aliphatic rings. The number of piperazine rings is 1. The molecular formula is C29H37Cl2N5O. The fourth-order valence-corrected chi connectivity index (χ4v) is 4.54. The lowest BCUT2D eigenvalue weighted by Crippen LogP contribution is -2.49. The maximum Gasteiger partial charge on any atom is 0.227 e. The lowest BCUT2D eigenvalue weighted by molar-refractivity contribution is -0.130. The van der Waals surface area contributed by atoms with Gasteiger partial charge in [-0.25, -0.2) is 0 Å². The Bertz CT molecular complexity index is 1130. The average molecular weight is 543 g/mol. The number of halogens is 2. The summed E-state index contributed by atoms with van der Waals surface area (Å²) in [6, 6.07) is 17.8. The monoisotopic (exact) mass is 541 g/mol. The van der Waals surface area contributed by atoms with Crippen LogP contribution in [0.15, 0.2) is 54.6 Å². The minimum atomic E-state index is 0.169. The van der Waals surface area contributed by atoms with E-state index in [9.17, 15) is 4.79 Å². The minimum absolute atomic E-state index is 0.169. The number of hydrogen-bond acceptors (Lipinski definition) is 5. The molecule has 2 aromatic carbocycles. The van der Waals surface area contributed by atoms with Gasteiger partial charge >= 0.3 is 0 Å². The highest BCUT2D eigenvalue weighted by atomic mass is 35.5. The van der Waals surface area contributed by atoms with E-state index < -0.39 is 0 Å². The van der Waals surface area contributed by atoms with Crippen molar-refractivity contribution in [1.82, 2.24) is 20.0 Å². The molecule has 2 heterocycles. The second-order valence-electron chi connectivity index (χ2n) is 8.73. The van der Waals surface area contributed by atoms with Crippen LogP contribution in [0.2, 0.25) is 10.0 Å². The van der Waals surface area contributed by atoms with Crippen LogP contribution < -0.4 is 4.90 Å². The molecule has 1 amide bonds. The molecule has 0 aliphatic carbocycles. The number of benzene rings is 2. The first-order valence-corrected chi connectivity index (χ1v) is 13.8. The minimum Gasteiger partial charge on any atom is -0.352 e. The van der Waals surface area contributed by atoms with Gasteiger partial charge in [-0.2, -0.15) is 0 Å². The Kier molecular flexibility index (Phi) is 11.2. The summed E-state index contributed by atoms with van der Waals surface area (Å²) < 4.78 is 0. The maximum absolute atomic E-state index is 12.9. The molecule has 1 saturated heterocycles. The van der Waals surface area contributed by atoms with Gasteiger partial charge in [-0.15, -0.1) is 10.2 Å². The Morgan fingerprint density at radius 1 is 0.838 bits per heavy atom. The van der Waals surface area contributed by atoms with Crippen molar-refractivity contribution in [2.75, 3.05) is 44.2 Å². The molecule has 3 aromatic rings. The molecule has 37 heavy (non-hydrogen) atoms. The van der Waals surface area contributed by atoms with Gasteiger partial charge in [0, 0.05) is 38.3 Å². The van der Waals surface area contributed by atoms with Gasteiger partial charge in [-0.05, 0) is 48.5 Å². The van der Waals surface area contributed by atoms with Crippen molar-refractivity contribution in [1.29, 1.82) is 0 Å². The zero-order valence-corrected chi connectivity index (χ0v) is 23.8. The van der Waals surface area contributed by atoms with Crippen LogP contribution >= 0.6 is 23.2 Å². The molecule has 0 N–H and O–H groups in total.